The van der Waals surface area contributed by atoms with Gasteiger partial charge < -0.3 is 14.8 Å². The first-order chi connectivity index (χ1) is 9.11. The van der Waals surface area contributed by atoms with Crippen molar-refractivity contribution in [3.8, 4) is 0 Å². The molecule has 1 N–H and O–H groups in total. The molecule has 0 unspecified atom stereocenters. The standard InChI is InChI=1S/C14H27N3O2.2ClH/c1-11-7-16(4-5-18)14(6-15-11)8-17-12(2)9-19-10-13(17)3;;/h5,11-15H,4,6-10H2,1-3H3;2*1H/t11-,12-,13-,14-;;/m1../s1. The summed E-state index contributed by atoms with van der Waals surface area (Å²) in [4.78, 5) is 15.7. The van der Waals surface area contributed by atoms with E-state index in [1.54, 1.807) is 0 Å². The molecule has 4 atom stereocenters. The topological polar surface area (TPSA) is 44.8 Å². The van der Waals surface area contributed by atoms with E-state index in [-0.39, 0.29) is 24.8 Å². The number of nitrogens with zero attached hydrogens (tertiary/aromatic N) is 2. The van der Waals surface area contributed by atoms with E-state index in [0.717, 1.165) is 39.1 Å². The van der Waals surface area contributed by atoms with Crippen molar-refractivity contribution in [3.05, 3.63) is 0 Å². The van der Waals surface area contributed by atoms with Gasteiger partial charge in [0.25, 0.3) is 0 Å². The van der Waals surface area contributed by atoms with Crippen LogP contribution in [0.15, 0.2) is 0 Å². The van der Waals surface area contributed by atoms with E-state index in [9.17, 15) is 4.79 Å². The molecule has 7 heteroatoms. The van der Waals surface area contributed by atoms with Crippen LogP contribution in [0.25, 0.3) is 0 Å². The number of ether oxygens (including phenoxy) is 1. The lowest BCUT2D eigenvalue weighted by Gasteiger charge is -2.45. The highest BCUT2D eigenvalue weighted by molar-refractivity contribution is 5.85. The van der Waals surface area contributed by atoms with E-state index < -0.39 is 0 Å². The van der Waals surface area contributed by atoms with E-state index in [1.807, 2.05) is 0 Å². The number of hydrogen-bond donors (Lipinski definition) is 1. The van der Waals surface area contributed by atoms with Crippen LogP contribution < -0.4 is 5.32 Å². The number of nitrogens with one attached hydrogen (secondary N) is 1. The summed E-state index contributed by atoms with van der Waals surface area (Å²) in [5, 5.41) is 3.52. The molecule has 0 aromatic carbocycles. The monoisotopic (exact) mass is 341 g/mol. The maximum Gasteiger partial charge on any atom is 0.133 e. The van der Waals surface area contributed by atoms with Crippen molar-refractivity contribution in [2.45, 2.75) is 44.9 Å². The molecule has 0 aromatic rings. The molecule has 126 valence electrons. The Bertz CT molecular complexity index is 300. The van der Waals surface area contributed by atoms with Gasteiger partial charge in [0.05, 0.1) is 19.8 Å². The maximum atomic E-state index is 10.9. The van der Waals surface area contributed by atoms with Crippen LogP contribution in [0.4, 0.5) is 0 Å². The molecule has 0 saturated carbocycles. The molecule has 0 bridgehead atoms. The van der Waals surface area contributed by atoms with Crippen LogP contribution in [0.5, 0.6) is 0 Å². The maximum absolute atomic E-state index is 10.9. The van der Waals surface area contributed by atoms with Gasteiger partial charge in [-0.1, -0.05) is 0 Å². The summed E-state index contributed by atoms with van der Waals surface area (Å²) in [7, 11) is 0. The summed E-state index contributed by atoms with van der Waals surface area (Å²) in [5.74, 6) is 0. The third-order valence-corrected chi connectivity index (χ3v) is 4.31. The van der Waals surface area contributed by atoms with Gasteiger partial charge in [0, 0.05) is 43.8 Å². The van der Waals surface area contributed by atoms with Crippen molar-refractivity contribution in [2.24, 2.45) is 0 Å². The minimum atomic E-state index is 0. The van der Waals surface area contributed by atoms with Crippen LogP contribution in [-0.2, 0) is 9.53 Å². The van der Waals surface area contributed by atoms with Crippen LogP contribution in [0, 0.1) is 0 Å². The highest BCUT2D eigenvalue weighted by atomic mass is 35.5. The van der Waals surface area contributed by atoms with E-state index in [4.69, 9.17) is 4.74 Å². The summed E-state index contributed by atoms with van der Waals surface area (Å²) >= 11 is 0. The first-order valence-electron chi connectivity index (χ1n) is 7.36. The molecule has 5 nitrogen and oxygen atoms in total. The second-order valence-corrected chi connectivity index (χ2v) is 6.02. The Morgan fingerprint density at radius 1 is 1.19 bits per heavy atom. The molecule has 2 aliphatic heterocycles. The summed E-state index contributed by atoms with van der Waals surface area (Å²) in [6.07, 6.45) is 1.03. The van der Waals surface area contributed by atoms with Crippen molar-refractivity contribution in [3.63, 3.8) is 0 Å². The number of carbonyl (C=O) groups excluding carboxylic acids is 1. The Kier molecular flexibility index (Phi) is 10.0. The van der Waals surface area contributed by atoms with Gasteiger partial charge in [0.2, 0.25) is 0 Å². The molecule has 0 aromatic heterocycles. The van der Waals surface area contributed by atoms with Crippen molar-refractivity contribution < 1.29 is 9.53 Å². The number of hydrogen-bond acceptors (Lipinski definition) is 5. The molecular formula is C14H29Cl2N3O2. The summed E-state index contributed by atoms with van der Waals surface area (Å²) in [6, 6.07) is 1.81. The fourth-order valence-corrected chi connectivity index (χ4v) is 3.17. The molecule has 21 heavy (non-hydrogen) atoms. The lowest BCUT2D eigenvalue weighted by molar-refractivity contribution is -0.110. The van der Waals surface area contributed by atoms with Gasteiger partial charge in [0.1, 0.15) is 6.29 Å². The Morgan fingerprint density at radius 2 is 1.81 bits per heavy atom. The SMILES string of the molecule is C[C@@H]1CN(CC=O)[C@@H](CN2[C@H](C)COC[C@H]2C)CN1.Cl.Cl. The normalized spacial score (nSPS) is 34.6. The third kappa shape index (κ3) is 5.66. The van der Waals surface area contributed by atoms with E-state index in [2.05, 4.69) is 35.9 Å². The predicted molar refractivity (Wildman–Crippen MR) is 89.8 cm³/mol. The second-order valence-electron chi connectivity index (χ2n) is 6.02. The quantitative estimate of drug-likeness (QED) is 0.766. The summed E-state index contributed by atoms with van der Waals surface area (Å²) in [6.45, 7) is 11.7. The smallest absolute Gasteiger partial charge is 0.133 e. The predicted octanol–water partition coefficient (Wildman–Crippen LogP) is 0.800. The number of rotatable bonds is 4. The average Bonchev–Trinajstić information content (AvgIpc) is 2.37. The molecule has 0 radical (unpaired) electrons. The molecule has 2 fully saturated rings. The molecule has 0 amide bonds. The zero-order chi connectivity index (χ0) is 13.8. The Labute approximate surface area is 140 Å². The van der Waals surface area contributed by atoms with Crippen LogP contribution >= 0.6 is 24.8 Å². The van der Waals surface area contributed by atoms with Gasteiger partial charge in [-0.3, -0.25) is 9.80 Å². The summed E-state index contributed by atoms with van der Waals surface area (Å²) in [5.41, 5.74) is 0. The third-order valence-electron chi connectivity index (χ3n) is 4.31. The van der Waals surface area contributed by atoms with Crippen molar-refractivity contribution in [1.29, 1.82) is 0 Å². The Hall–Kier alpha value is 0.0900. The molecule has 0 spiro atoms. The first-order valence-corrected chi connectivity index (χ1v) is 7.36. The number of piperazine rings is 1. The lowest BCUT2D eigenvalue weighted by atomic mass is 10.1. The van der Waals surface area contributed by atoms with Crippen LogP contribution in [-0.4, -0.2) is 79.6 Å². The van der Waals surface area contributed by atoms with Gasteiger partial charge in [-0.2, -0.15) is 0 Å². The van der Waals surface area contributed by atoms with Crippen LogP contribution in [0.2, 0.25) is 0 Å². The largest absolute Gasteiger partial charge is 0.378 e. The average molecular weight is 342 g/mol. The van der Waals surface area contributed by atoms with Crippen LogP contribution in [0.1, 0.15) is 20.8 Å². The molecule has 0 aliphatic carbocycles. The van der Waals surface area contributed by atoms with E-state index in [1.165, 1.54) is 0 Å². The van der Waals surface area contributed by atoms with Crippen molar-refractivity contribution >= 4 is 31.1 Å². The first kappa shape index (κ1) is 21.1. The number of morpholine rings is 1. The molecular weight excluding hydrogens is 313 g/mol. The number of carbonyl (C=O) groups is 1. The van der Waals surface area contributed by atoms with Crippen LogP contribution in [0.3, 0.4) is 0 Å². The number of halogens is 2. The fourth-order valence-electron chi connectivity index (χ4n) is 3.17. The minimum absolute atomic E-state index is 0. The van der Waals surface area contributed by atoms with E-state index in [0.29, 0.717) is 30.7 Å². The van der Waals surface area contributed by atoms with Gasteiger partial charge in [-0.25, -0.2) is 0 Å². The molecule has 2 saturated heterocycles. The zero-order valence-electron chi connectivity index (χ0n) is 13.2. The van der Waals surface area contributed by atoms with E-state index >= 15 is 0 Å². The highest BCUT2D eigenvalue weighted by Crippen LogP contribution is 2.16. The molecule has 2 rings (SSSR count). The fraction of sp³-hybridized carbons (Fsp3) is 0.929. The second kappa shape index (κ2) is 9.98. The van der Waals surface area contributed by atoms with Gasteiger partial charge in [-0.05, 0) is 20.8 Å². The van der Waals surface area contributed by atoms with Crippen molar-refractivity contribution in [2.75, 3.05) is 39.4 Å². The highest BCUT2D eigenvalue weighted by Gasteiger charge is 2.32. The molecule has 2 aliphatic rings. The Balaban J connectivity index is 0.00000200. The Morgan fingerprint density at radius 3 is 2.38 bits per heavy atom. The zero-order valence-corrected chi connectivity index (χ0v) is 14.8. The lowest BCUT2D eigenvalue weighted by Crippen LogP contribution is -2.62. The van der Waals surface area contributed by atoms with Crippen molar-refractivity contribution in [1.82, 2.24) is 15.1 Å². The molecule has 2 heterocycles. The minimum Gasteiger partial charge on any atom is -0.378 e. The summed E-state index contributed by atoms with van der Waals surface area (Å²) < 4.78 is 5.58. The number of aldehydes is 1. The van der Waals surface area contributed by atoms with Gasteiger partial charge in [-0.15, -0.1) is 24.8 Å². The van der Waals surface area contributed by atoms with Gasteiger partial charge in [0.15, 0.2) is 0 Å². The van der Waals surface area contributed by atoms with Gasteiger partial charge >= 0.3 is 0 Å².